The molecule has 1 aliphatic rings. The minimum absolute atomic E-state index is 0.0880. The second-order valence-electron chi connectivity index (χ2n) is 5.84. The molecule has 0 radical (unpaired) electrons. The van der Waals surface area contributed by atoms with E-state index in [0.717, 1.165) is 11.3 Å². The van der Waals surface area contributed by atoms with Gasteiger partial charge in [0.2, 0.25) is 0 Å². The number of anilines is 1. The van der Waals surface area contributed by atoms with Gasteiger partial charge >= 0.3 is 5.97 Å². The van der Waals surface area contributed by atoms with Crippen LogP contribution in [0.2, 0.25) is 0 Å². The molecule has 0 spiro atoms. The Morgan fingerprint density at radius 3 is 2.74 bits per heavy atom. The van der Waals surface area contributed by atoms with E-state index in [1.165, 1.54) is 0 Å². The van der Waals surface area contributed by atoms with Crippen molar-refractivity contribution in [1.82, 2.24) is 0 Å². The van der Waals surface area contributed by atoms with Crippen molar-refractivity contribution in [3.8, 4) is 0 Å². The van der Waals surface area contributed by atoms with Gasteiger partial charge in [0.15, 0.2) is 0 Å². The van der Waals surface area contributed by atoms with Crippen LogP contribution in [0.25, 0.3) is 0 Å². The van der Waals surface area contributed by atoms with Gasteiger partial charge in [0.05, 0.1) is 23.0 Å². The predicted octanol–water partition coefficient (Wildman–Crippen LogP) is 2.70. The molecule has 2 rings (SSSR count). The van der Waals surface area contributed by atoms with E-state index in [4.69, 9.17) is 4.74 Å². The van der Waals surface area contributed by atoms with Crippen LogP contribution in [0.1, 0.15) is 36.7 Å². The summed E-state index contributed by atoms with van der Waals surface area (Å²) < 4.78 is 5.88. The third-order valence-electron chi connectivity index (χ3n) is 3.35. The maximum Gasteiger partial charge on any atom is 0.337 e. The minimum Gasteiger partial charge on any atom is -0.478 e. The number of aromatic carboxylic acids is 1. The Bertz CT molecular complexity index is 496. The molecular formula is C15H21NO3. The van der Waals surface area contributed by atoms with Gasteiger partial charge in [-0.05, 0) is 39.3 Å². The average Bonchev–Trinajstić information content (AvgIpc) is 2.25. The Kier molecular flexibility index (Phi) is 3.54. The van der Waals surface area contributed by atoms with Gasteiger partial charge in [0.25, 0.3) is 0 Å². The summed E-state index contributed by atoms with van der Waals surface area (Å²) in [5, 5.41) is 9.36. The number of morpholine rings is 1. The molecule has 104 valence electrons. The highest BCUT2D eigenvalue weighted by atomic mass is 16.5. The second kappa shape index (κ2) is 4.85. The fourth-order valence-corrected chi connectivity index (χ4v) is 2.88. The number of ether oxygens (including phenoxy) is 1. The van der Waals surface area contributed by atoms with E-state index in [-0.39, 0.29) is 11.7 Å². The number of para-hydroxylation sites is 1. The molecule has 0 aliphatic carbocycles. The van der Waals surface area contributed by atoms with Crippen molar-refractivity contribution in [2.75, 3.05) is 18.0 Å². The number of hydrogen-bond donors (Lipinski definition) is 1. The number of nitrogens with zero attached hydrogens (tertiary/aromatic N) is 1. The predicted molar refractivity (Wildman–Crippen MR) is 75.0 cm³/mol. The van der Waals surface area contributed by atoms with Crippen molar-refractivity contribution in [3.05, 3.63) is 29.3 Å². The van der Waals surface area contributed by atoms with Gasteiger partial charge in [-0.15, -0.1) is 0 Å². The van der Waals surface area contributed by atoms with Crippen molar-refractivity contribution in [2.45, 2.75) is 39.4 Å². The Hall–Kier alpha value is -1.55. The van der Waals surface area contributed by atoms with E-state index in [1.807, 2.05) is 33.8 Å². The number of carboxylic acid groups (broad SMARTS) is 1. The van der Waals surface area contributed by atoms with Crippen molar-refractivity contribution >= 4 is 11.7 Å². The van der Waals surface area contributed by atoms with E-state index < -0.39 is 5.97 Å². The zero-order chi connectivity index (χ0) is 14.2. The summed E-state index contributed by atoms with van der Waals surface area (Å²) >= 11 is 0. The zero-order valence-electron chi connectivity index (χ0n) is 11.9. The van der Waals surface area contributed by atoms with E-state index in [9.17, 15) is 9.90 Å². The molecule has 0 amide bonds. The lowest BCUT2D eigenvalue weighted by Gasteiger charge is -2.43. The smallest absolute Gasteiger partial charge is 0.337 e. The van der Waals surface area contributed by atoms with Crippen molar-refractivity contribution in [3.63, 3.8) is 0 Å². The van der Waals surface area contributed by atoms with Gasteiger partial charge in [-0.3, -0.25) is 0 Å². The number of benzene rings is 1. The summed E-state index contributed by atoms with van der Waals surface area (Å²) in [4.78, 5) is 13.5. The Labute approximate surface area is 114 Å². The molecule has 1 saturated heterocycles. The molecule has 1 aromatic rings. The van der Waals surface area contributed by atoms with E-state index in [1.54, 1.807) is 12.1 Å². The molecule has 1 aromatic carbocycles. The maximum absolute atomic E-state index is 11.4. The van der Waals surface area contributed by atoms with Crippen molar-refractivity contribution in [2.24, 2.45) is 0 Å². The Morgan fingerprint density at radius 2 is 2.16 bits per heavy atom. The fourth-order valence-electron chi connectivity index (χ4n) is 2.88. The minimum atomic E-state index is -0.879. The Balaban J connectivity index is 2.43. The molecule has 0 saturated carbocycles. The first kappa shape index (κ1) is 13.9. The van der Waals surface area contributed by atoms with Crippen LogP contribution in [-0.2, 0) is 4.74 Å². The molecule has 1 N–H and O–H groups in total. The van der Waals surface area contributed by atoms with Crippen LogP contribution in [0.3, 0.4) is 0 Å². The van der Waals surface area contributed by atoms with Crippen LogP contribution in [0.15, 0.2) is 18.2 Å². The summed E-state index contributed by atoms with van der Waals surface area (Å²) in [5.41, 5.74) is 1.91. The van der Waals surface area contributed by atoms with Crippen molar-refractivity contribution < 1.29 is 14.6 Å². The topological polar surface area (TPSA) is 49.8 Å². The number of carboxylic acids is 1. The van der Waals surface area contributed by atoms with Gasteiger partial charge in [-0.25, -0.2) is 4.79 Å². The highest BCUT2D eigenvalue weighted by Gasteiger charge is 2.33. The Morgan fingerprint density at radius 1 is 1.47 bits per heavy atom. The van der Waals surface area contributed by atoms with E-state index in [2.05, 4.69) is 4.90 Å². The highest BCUT2D eigenvalue weighted by molar-refractivity contribution is 5.95. The molecule has 0 bridgehead atoms. The fraction of sp³-hybridized carbons (Fsp3) is 0.533. The number of carbonyl (C=O) groups is 1. The lowest BCUT2D eigenvalue weighted by atomic mass is 10.0. The van der Waals surface area contributed by atoms with Gasteiger partial charge in [-0.2, -0.15) is 0 Å². The molecule has 4 heteroatoms. The number of rotatable bonds is 2. The lowest BCUT2D eigenvalue weighted by molar-refractivity contribution is -0.0750. The zero-order valence-corrected chi connectivity index (χ0v) is 11.9. The molecule has 19 heavy (non-hydrogen) atoms. The van der Waals surface area contributed by atoms with Crippen LogP contribution in [0.4, 0.5) is 5.69 Å². The number of aryl methyl sites for hydroxylation is 1. The molecule has 1 fully saturated rings. The van der Waals surface area contributed by atoms with Crippen LogP contribution in [0.5, 0.6) is 0 Å². The molecule has 1 atom stereocenters. The first-order valence-corrected chi connectivity index (χ1v) is 6.56. The third kappa shape index (κ3) is 2.89. The van der Waals surface area contributed by atoms with Gasteiger partial charge in [0, 0.05) is 13.1 Å². The molecule has 1 aliphatic heterocycles. The van der Waals surface area contributed by atoms with Crippen LogP contribution in [0, 0.1) is 6.92 Å². The first-order chi connectivity index (χ1) is 8.80. The monoisotopic (exact) mass is 263 g/mol. The number of hydrogen-bond acceptors (Lipinski definition) is 3. The normalized spacial score (nSPS) is 22.3. The second-order valence-corrected chi connectivity index (χ2v) is 5.84. The summed E-state index contributed by atoms with van der Waals surface area (Å²) in [7, 11) is 0. The van der Waals surface area contributed by atoms with Gasteiger partial charge in [-0.1, -0.05) is 12.1 Å². The van der Waals surface area contributed by atoms with Crippen LogP contribution < -0.4 is 4.90 Å². The molecule has 4 nitrogen and oxygen atoms in total. The molecule has 1 unspecified atom stereocenters. The largest absolute Gasteiger partial charge is 0.478 e. The standard InChI is InChI=1S/C15H21NO3/c1-10-6-5-7-12(14(17)18)13(10)16-8-11(2)19-15(3,4)9-16/h5-7,11H,8-9H2,1-4H3,(H,17,18). The lowest BCUT2D eigenvalue weighted by Crippen LogP contribution is -2.52. The molecular weight excluding hydrogens is 242 g/mol. The summed E-state index contributed by atoms with van der Waals surface area (Å²) in [6, 6.07) is 5.41. The highest BCUT2D eigenvalue weighted by Crippen LogP contribution is 2.31. The molecule has 0 aromatic heterocycles. The van der Waals surface area contributed by atoms with E-state index >= 15 is 0 Å². The summed E-state index contributed by atoms with van der Waals surface area (Å²) in [6.45, 7) is 9.46. The maximum atomic E-state index is 11.4. The molecule has 1 heterocycles. The SMILES string of the molecule is Cc1cccc(C(=O)O)c1N1CC(C)OC(C)(C)C1. The van der Waals surface area contributed by atoms with E-state index in [0.29, 0.717) is 18.7 Å². The first-order valence-electron chi connectivity index (χ1n) is 6.56. The van der Waals surface area contributed by atoms with Gasteiger partial charge < -0.3 is 14.7 Å². The average molecular weight is 263 g/mol. The van der Waals surface area contributed by atoms with Crippen molar-refractivity contribution in [1.29, 1.82) is 0 Å². The third-order valence-corrected chi connectivity index (χ3v) is 3.35. The quantitative estimate of drug-likeness (QED) is 0.891. The summed E-state index contributed by atoms with van der Waals surface area (Å²) in [5.74, 6) is -0.879. The van der Waals surface area contributed by atoms with Gasteiger partial charge in [0.1, 0.15) is 0 Å². The van der Waals surface area contributed by atoms with Crippen LogP contribution >= 0.6 is 0 Å². The van der Waals surface area contributed by atoms with Crippen LogP contribution in [-0.4, -0.2) is 35.9 Å². The summed E-state index contributed by atoms with van der Waals surface area (Å²) in [6.07, 6.45) is 0.0880.